The first-order valence-corrected chi connectivity index (χ1v) is 8.12. The molecule has 1 aliphatic carbocycles. The molecule has 0 bridgehead atoms. The Bertz CT molecular complexity index is 496. The van der Waals surface area contributed by atoms with Gasteiger partial charge < -0.3 is 9.64 Å². The normalized spacial score (nSPS) is 23.8. The van der Waals surface area contributed by atoms with Gasteiger partial charge in [0.2, 0.25) is 5.91 Å². The molecule has 110 valence electrons. The van der Waals surface area contributed by atoms with Crippen molar-refractivity contribution in [1.82, 2.24) is 10.2 Å². The number of carbonyl (C=O) groups is 1. The van der Waals surface area contributed by atoms with Crippen molar-refractivity contribution in [2.45, 2.75) is 44.3 Å². The third kappa shape index (κ3) is 2.50. The molecule has 1 aromatic heterocycles. The molecular weight excluding hydrogens is 272 g/mol. The van der Waals surface area contributed by atoms with Crippen molar-refractivity contribution in [1.29, 1.82) is 0 Å². The topological polar surface area (TPSA) is 41.6 Å². The number of methoxy groups -OCH3 is 1. The van der Waals surface area contributed by atoms with E-state index in [-0.39, 0.29) is 11.7 Å². The lowest BCUT2D eigenvalue weighted by atomic mass is 10.2. The Balaban J connectivity index is 1.71. The first-order chi connectivity index (χ1) is 9.66. The molecular formula is C15H22N2O2S. The average Bonchev–Trinajstić information content (AvgIpc) is 3.02. The number of thiophene rings is 1. The van der Waals surface area contributed by atoms with Crippen LogP contribution in [0, 0.1) is 6.92 Å². The molecule has 1 saturated carbocycles. The van der Waals surface area contributed by atoms with Crippen molar-refractivity contribution in [3.05, 3.63) is 21.9 Å². The van der Waals surface area contributed by atoms with Crippen LogP contribution in [0.25, 0.3) is 0 Å². The van der Waals surface area contributed by atoms with Crippen LogP contribution < -0.4 is 5.32 Å². The molecule has 1 spiro atoms. The van der Waals surface area contributed by atoms with Gasteiger partial charge in [-0.15, -0.1) is 11.3 Å². The zero-order chi connectivity index (χ0) is 14.2. The van der Waals surface area contributed by atoms with E-state index in [0.29, 0.717) is 5.91 Å². The zero-order valence-corrected chi connectivity index (χ0v) is 13.0. The molecule has 1 saturated heterocycles. The molecule has 1 unspecified atom stereocenters. The molecule has 1 amide bonds. The average molecular weight is 294 g/mol. The van der Waals surface area contributed by atoms with Crippen LogP contribution in [-0.4, -0.2) is 36.6 Å². The van der Waals surface area contributed by atoms with E-state index < -0.39 is 0 Å². The van der Waals surface area contributed by atoms with Gasteiger partial charge in [-0.2, -0.15) is 0 Å². The molecule has 5 heteroatoms. The highest BCUT2D eigenvalue weighted by Gasteiger charge is 2.59. The molecule has 2 heterocycles. The lowest BCUT2D eigenvalue weighted by molar-refractivity contribution is -0.130. The summed E-state index contributed by atoms with van der Waals surface area (Å²) in [6.45, 7) is 3.70. The fourth-order valence-corrected chi connectivity index (χ4v) is 3.80. The minimum absolute atomic E-state index is 0.0752. The number of hydrogen-bond acceptors (Lipinski definition) is 4. The fourth-order valence-electron chi connectivity index (χ4n) is 2.86. The van der Waals surface area contributed by atoms with Crippen LogP contribution in [0.3, 0.4) is 0 Å². The van der Waals surface area contributed by atoms with Gasteiger partial charge in [-0.25, -0.2) is 0 Å². The van der Waals surface area contributed by atoms with Crippen molar-refractivity contribution in [2.75, 3.05) is 20.3 Å². The third-order valence-corrected chi connectivity index (χ3v) is 5.23. The Hall–Kier alpha value is -0.910. The number of rotatable bonds is 6. The maximum Gasteiger partial charge on any atom is 0.244 e. The molecule has 2 fully saturated rings. The smallest absolute Gasteiger partial charge is 0.244 e. The summed E-state index contributed by atoms with van der Waals surface area (Å²) < 4.78 is 5.08. The van der Waals surface area contributed by atoms with E-state index in [2.05, 4.69) is 24.4 Å². The van der Waals surface area contributed by atoms with E-state index in [0.717, 1.165) is 38.8 Å². The van der Waals surface area contributed by atoms with Crippen LogP contribution in [-0.2, 0) is 9.53 Å². The number of nitrogens with one attached hydrogen (secondary N) is 1. The minimum Gasteiger partial charge on any atom is -0.385 e. The predicted octanol–water partition coefficient (Wildman–Crippen LogP) is 2.45. The molecule has 20 heavy (non-hydrogen) atoms. The van der Waals surface area contributed by atoms with Crippen molar-refractivity contribution < 1.29 is 9.53 Å². The molecule has 0 radical (unpaired) electrons. The van der Waals surface area contributed by atoms with E-state index in [4.69, 9.17) is 4.74 Å². The molecule has 3 rings (SSSR count). The summed E-state index contributed by atoms with van der Waals surface area (Å²) in [6.07, 6.45) is 4.05. The van der Waals surface area contributed by atoms with Crippen molar-refractivity contribution in [3.63, 3.8) is 0 Å². The Kier molecular flexibility index (Phi) is 3.84. The fraction of sp³-hybridized carbons (Fsp3) is 0.667. The van der Waals surface area contributed by atoms with Crippen LogP contribution in [0.2, 0.25) is 0 Å². The Morgan fingerprint density at radius 3 is 2.85 bits per heavy atom. The largest absolute Gasteiger partial charge is 0.385 e. The SMILES string of the molecule is COCCCCN1C(=O)C2(CC2)NC1c1ccc(C)s1. The molecule has 1 atom stereocenters. The predicted molar refractivity (Wildman–Crippen MR) is 79.7 cm³/mol. The number of aryl methyl sites for hydroxylation is 1. The molecule has 1 aliphatic heterocycles. The van der Waals surface area contributed by atoms with Crippen LogP contribution >= 0.6 is 11.3 Å². The Labute approximate surface area is 124 Å². The van der Waals surface area contributed by atoms with E-state index >= 15 is 0 Å². The van der Waals surface area contributed by atoms with Crippen LogP contribution in [0.1, 0.15) is 41.6 Å². The number of hydrogen-bond donors (Lipinski definition) is 1. The van der Waals surface area contributed by atoms with Crippen LogP contribution in [0.15, 0.2) is 12.1 Å². The van der Waals surface area contributed by atoms with Crippen LogP contribution in [0.5, 0.6) is 0 Å². The lowest BCUT2D eigenvalue weighted by Gasteiger charge is -2.23. The second-order valence-electron chi connectivity index (χ2n) is 5.78. The molecule has 2 aliphatic rings. The van der Waals surface area contributed by atoms with Gasteiger partial charge in [-0.1, -0.05) is 0 Å². The molecule has 0 aromatic carbocycles. The zero-order valence-electron chi connectivity index (χ0n) is 12.1. The molecule has 1 aromatic rings. The monoisotopic (exact) mass is 294 g/mol. The minimum atomic E-state index is -0.232. The number of ether oxygens (including phenoxy) is 1. The van der Waals surface area contributed by atoms with Gasteiger partial charge in [-0.05, 0) is 44.7 Å². The van der Waals surface area contributed by atoms with Gasteiger partial charge in [0.05, 0.1) is 0 Å². The molecule has 4 nitrogen and oxygen atoms in total. The summed E-state index contributed by atoms with van der Waals surface area (Å²) >= 11 is 1.78. The standard InChI is InChI=1S/C15H22N2O2S/c1-11-5-6-12(20-11)13-16-15(7-8-15)14(18)17(13)9-3-4-10-19-2/h5-6,13,16H,3-4,7-10H2,1-2H3. The summed E-state index contributed by atoms with van der Waals surface area (Å²) in [6, 6.07) is 4.28. The van der Waals surface area contributed by atoms with Crippen molar-refractivity contribution in [3.8, 4) is 0 Å². The van der Waals surface area contributed by atoms with Gasteiger partial charge in [0.15, 0.2) is 0 Å². The highest BCUT2D eigenvalue weighted by molar-refractivity contribution is 7.12. The summed E-state index contributed by atoms with van der Waals surface area (Å²) in [5.74, 6) is 0.297. The summed E-state index contributed by atoms with van der Waals surface area (Å²) in [4.78, 5) is 17.2. The number of nitrogens with zero attached hydrogens (tertiary/aromatic N) is 1. The van der Waals surface area contributed by atoms with Crippen molar-refractivity contribution >= 4 is 17.2 Å². The van der Waals surface area contributed by atoms with E-state index in [1.54, 1.807) is 18.4 Å². The number of carbonyl (C=O) groups excluding carboxylic acids is 1. The first-order valence-electron chi connectivity index (χ1n) is 7.30. The van der Waals surface area contributed by atoms with Gasteiger partial charge in [-0.3, -0.25) is 10.1 Å². The van der Waals surface area contributed by atoms with E-state index in [9.17, 15) is 4.79 Å². The summed E-state index contributed by atoms with van der Waals surface area (Å²) in [7, 11) is 1.72. The number of amides is 1. The van der Waals surface area contributed by atoms with E-state index in [1.807, 2.05) is 4.90 Å². The highest BCUT2D eigenvalue weighted by Crippen LogP contribution is 2.46. The van der Waals surface area contributed by atoms with Gasteiger partial charge in [0.1, 0.15) is 11.7 Å². The molecule has 1 N–H and O–H groups in total. The second kappa shape index (κ2) is 5.47. The highest BCUT2D eigenvalue weighted by atomic mass is 32.1. The third-order valence-electron chi connectivity index (χ3n) is 4.17. The maximum atomic E-state index is 12.6. The first kappa shape index (κ1) is 14.0. The van der Waals surface area contributed by atoms with E-state index in [1.165, 1.54) is 9.75 Å². The quantitative estimate of drug-likeness (QED) is 0.819. The Morgan fingerprint density at radius 1 is 1.45 bits per heavy atom. The van der Waals surface area contributed by atoms with Gasteiger partial charge in [0.25, 0.3) is 0 Å². The van der Waals surface area contributed by atoms with Gasteiger partial charge >= 0.3 is 0 Å². The lowest BCUT2D eigenvalue weighted by Crippen LogP contribution is -2.33. The summed E-state index contributed by atoms with van der Waals surface area (Å²) in [5.41, 5.74) is -0.232. The van der Waals surface area contributed by atoms with Gasteiger partial charge in [0, 0.05) is 30.0 Å². The number of unbranched alkanes of at least 4 members (excludes halogenated alkanes) is 1. The Morgan fingerprint density at radius 2 is 2.25 bits per heavy atom. The summed E-state index contributed by atoms with van der Waals surface area (Å²) in [5, 5.41) is 3.57. The second-order valence-corrected chi connectivity index (χ2v) is 7.10. The maximum absolute atomic E-state index is 12.6. The van der Waals surface area contributed by atoms with Crippen LogP contribution in [0.4, 0.5) is 0 Å². The van der Waals surface area contributed by atoms with Crippen molar-refractivity contribution in [2.24, 2.45) is 0 Å².